The third-order valence-corrected chi connectivity index (χ3v) is 6.31. The first-order valence-electron chi connectivity index (χ1n) is 13.2. The number of hydrogen-bond acceptors (Lipinski definition) is 8. The summed E-state index contributed by atoms with van der Waals surface area (Å²) in [5, 5.41) is 12.5. The molecular formula is C31H35FN6O3. The Labute approximate surface area is 239 Å². The van der Waals surface area contributed by atoms with E-state index in [1.165, 1.54) is 25.3 Å². The number of nitrogens with zero attached hydrogens (tertiary/aromatic N) is 2. The van der Waals surface area contributed by atoms with Crippen LogP contribution in [0.15, 0.2) is 96.3 Å². The second-order valence-electron chi connectivity index (χ2n) is 9.08. The predicted molar refractivity (Wildman–Crippen MR) is 163 cm³/mol. The summed E-state index contributed by atoms with van der Waals surface area (Å²) < 4.78 is 24.9. The first-order valence-corrected chi connectivity index (χ1v) is 13.2. The van der Waals surface area contributed by atoms with Gasteiger partial charge < -0.3 is 35.6 Å². The minimum absolute atomic E-state index is 0.244. The molecule has 41 heavy (non-hydrogen) atoms. The molecule has 4 N–H and O–H groups in total. The second kappa shape index (κ2) is 14.5. The van der Waals surface area contributed by atoms with E-state index in [9.17, 15) is 9.18 Å². The van der Waals surface area contributed by atoms with E-state index in [2.05, 4.69) is 44.9 Å². The van der Waals surface area contributed by atoms with Gasteiger partial charge in [-0.2, -0.15) is 0 Å². The lowest BCUT2D eigenvalue weighted by Gasteiger charge is -2.29. The lowest BCUT2D eigenvalue weighted by Crippen LogP contribution is -2.36. The average molecular weight is 559 g/mol. The third-order valence-electron chi connectivity index (χ3n) is 6.31. The van der Waals surface area contributed by atoms with Crippen LogP contribution in [0.3, 0.4) is 0 Å². The SMILES string of the molecule is C=CC(=O)Nc1cc(C(=N/CNc2cccc(N3CCOCC3)c2)/C(=C\NC)Nc2cccc(F)c2)ccc1OC. The molecule has 0 unspecified atom stereocenters. The molecule has 0 saturated carbocycles. The van der Waals surface area contributed by atoms with Crippen molar-refractivity contribution in [2.45, 2.75) is 0 Å². The number of methoxy groups -OCH3 is 1. The number of allylic oxidation sites excluding steroid dienone is 1. The Kier molecular flexibility index (Phi) is 10.3. The van der Waals surface area contributed by atoms with Crippen LogP contribution in [0.4, 0.5) is 27.1 Å². The second-order valence-corrected chi connectivity index (χ2v) is 9.08. The van der Waals surface area contributed by atoms with Crippen LogP contribution in [-0.2, 0) is 9.53 Å². The molecule has 10 heteroatoms. The summed E-state index contributed by atoms with van der Waals surface area (Å²) in [7, 11) is 3.30. The average Bonchev–Trinajstić information content (AvgIpc) is 3.00. The molecule has 0 spiro atoms. The van der Waals surface area contributed by atoms with Crippen LogP contribution in [0, 0.1) is 5.82 Å². The summed E-state index contributed by atoms with van der Waals surface area (Å²) in [6, 6.07) is 19.7. The van der Waals surface area contributed by atoms with Gasteiger partial charge in [0.25, 0.3) is 0 Å². The Morgan fingerprint density at radius 1 is 1.07 bits per heavy atom. The van der Waals surface area contributed by atoms with E-state index in [0.717, 1.165) is 24.5 Å². The topological polar surface area (TPSA) is 99.3 Å². The lowest BCUT2D eigenvalue weighted by atomic mass is 10.1. The minimum atomic E-state index is -0.371. The van der Waals surface area contributed by atoms with Gasteiger partial charge in [-0.15, -0.1) is 0 Å². The van der Waals surface area contributed by atoms with Gasteiger partial charge >= 0.3 is 0 Å². The van der Waals surface area contributed by atoms with Crippen molar-refractivity contribution in [1.29, 1.82) is 0 Å². The van der Waals surface area contributed by atoms with Crippen LogP contribution in [0.25, 0.3) is 0 Å². The summed E-state index contributed by atoms with van der Waals surface area (Å²) in [5.41, 5.74) is 4.90. The smallest absolute Gasteiger partial charge is 0.247 e. The molecule has 1 amide bonds. The lowest BCUT2D eigenvalue weighted by molar-refractivity contribution is -0.111. The van der Waals surface area contributed by atoms with Gasteiger partial charge in [0.2, 0.25) is 5.91 Å². The number of carbonyl (C=O) groups is 1. The quantitative estimate of drug-likeness (QED) is 0.187. The number of ether oxygens (including phenoxy) is 2. The van der Waals surface area contributed by atoms with Gasteiger partial charge in [-0.3, -0.25) is 9.79 Å². The van der Waals surface area contributed by atoms with Gasteiger partial charge in [-0.05, 0) is 60.7 Å². The zero-order valence-electron chi connectivity index (χ0n) is 23.2. The monoisotopic (exact) mass is 558 g/mol. The maximum atomic E-state index is 14.0. The molecule has 3 aromatic carbocycles. The van der Waals surface area contributed by atoms with Crippen molar-refractivity contribution in [3.05, 3.63) is 103 Å². The van der Waals surface area contributed by atoms with E-state index < -0.39 is 0 Å². The Morgan fingerprint density at radius 3 is 2.59 bits per heavy atom. The van der Waals surface area contributed by atoms with Crippen LogP contribution in [0.2, 0.25) is 0 Å². The van der Waals surface area contributed by atoms with Crippen molar-refractivity contribution in [3.63, 3.8) is 0 Å². The molecule has 3 aromatic rings. The van der Waals surface area contributed by atoms with Crippen molar-refractivity contribution in [1.82, 2.24) is 5.32 Å². The molecule has 1 aliphatic heterocycles. The van der Waals surface area contributed by atoms with Crippen LogP contribution in [-0.4, -0.2) is 58.7 Å². The summed E-state index contributed by atoms with van der Waals surface area (Å²) in [5.74, 6) is -0.249. The minimum Gasteiger partial charge on any atom is -0.495 e. The highest BCUT2D eigenvalue weighted by Crippen LogP contribution is 2.28. The van der Waals surface area contributed by atoms with Crippen molar-refractivity contribution < 1.29 is 18.7 Å². The molecule has 4 rings (SSSR count). The Hall–Kier alpha value is -4.83. The number of amides is 1. The molecule has 214 valence electrons. The molecule has 0 radical (unpaired) electrons. The molecule has 1 heterocycles. The number of hydrogen-bond donors (Lipinski definition) is 4. The Bertz CT molecular complexity index is 1420. The maximum Gasteiger partial charge on any atom is 0.247 e. The first kappa shape index (κ1) is 29.2. The number of aliphatic imine (C=N–C) groups is 1. The summed E-state index contributed by atoms with van der Waals surface area (Å²) in [6.07, 6.45) is 2.93. The van der Waals surface area contributed by atoms with Gasteiger partial charge in [0.15, 0.2) is 0 Å². The van der Waals surface area contributed by atoms with Crippen molar-refractivity contribution in [2.75, 3.05) is 68.0 Å². The highest BCUT2D eigenvalue weighted by Gasteiger charge is 2.16. The number of nitrogens with one attached hydrogen (secondary N) is 4. The molecule has 0 aromatic heterocycles. The number of morpholine rings is 1. The van der Waals surface area contributed by atoms with Gasteiger partial charge in [-0.1, -0.05) is 18.7 Å². The van der Waals surface area contributed by atoms with Crippen LogP contribution >= 0.6 is 0 Å². The fraction of sp³-hybridized carbons (Fsp3) is 0.226. The zero-order valence-corrected chi connectivity index (χ0v) is 23.2. The fourth-order valence-corrected chi connectivity index (χ4v) is 4.34. The van der Waals surface area contributed by atoms with E-state index in [1.807, 2.05) is 18.2 Å². The standard InChI is InChI=1S/C31H35FN6O3/c1-4-30(39)37-27-17-22(11-12-29(27)40-3)31(28(20-33-2)36-25-9-5-7-23(32)18-25)35-21-34-24-8-6-10-26(19-24)38-13-15-41-16-14-38/h4-12,17-20,33-34,36H,1,13-16,21H2,2-3H3,(H,37,39)/b28-20+,35-31-. The van der Waals surface area contributed by atoms with Gasteiger partial charge in [0, 0.05) is 49.0 Å². The molecule has 0 atom stereocenters. The summed E-state index contributed by atoms with van der Waals surface area (Å²) in [4.78, 5) is 19.3. The number of rotatable bonds is 12. The van der Waals surface area contributed by atoms with Crippen LogP contribution in [0.5, 0.6) is 5.75 Å². The van der Waals surface area contributed by atoms with E-state index in [-0.39, 0.29) is 18.4 Å². The van der Waals surface area contributed by atoms with Crippen molar-refractivity contribution in [3.8, 4) is 5.75 Å². The Balaban J connectivity index is 1.67. The van der Waals surface area contributed by atoms with E-state index in [0.29, 0.717) is 47.3 Å². The largest absolute Gasteiger partial charge is 0.495 e. The van der Waals surface area contributed by atoms with E-state index in [1.54, 1.807) is 37.5 Å². The molecule has 1 aliphatic rings. The molecular weight excluding hydrogens is 523 g/mol. The highest BCUT2D eigenvalue weighted by atomic mass is 19.1. The normalized spacial score (nSPS) is 13.8. The summed E-state index contributed by atoms with van der Waals surface area (Å²) in [6.45, 7) is 6.88. The van der Waals surface area contributed by atoms with E-state index in [4.69, 9.17) is 14.5 Å². The fourth-order valence-electron chi connectivity index (χ4n) is 4.34. The van der Waals surface area contributed by atoms with Crippen LogP contribution in [0.1, 0.15) is 5.56 Å². The molecule has 9 nitrogen and oxygen atoms in total. The first-order chi connectivity index (χ1) is 20.0. The maximum absolute atomic E-state index is 14.0. The zero-order chi connectivity index (χ0) is 29.0. The number of halogens is 1. The van der Waals surface area contributed by atoms with Crippen LogP contribution < -0.4 is 30.9 Å². The number of anilines is 4. The predicted octanol–water partition coefficient (Wildman–Crippen LogP) is 4.83. The van der Waals surface area contributed by atoms with Gasteiger partial charge in [0.05, 0.1) is 37.4 Å². The molecule has 1 saturated heterocycles. The Morgan fingerprint density at radius 2 is 1.85 bits per heavy atom. The van der Waals surface area contributed by atoms with Crippen molar-refractivity contribution >= 4 is 34.4 Å². The van der Waals surface area contributed by atoms with Gasteiger partial charge in [0.1, 0.15) is 18.2 Å². The number of carbonyl (C=O) groups excluding carboxylic acids is 1. The third kappa shape index (κ3) is 8.09. The van der Waals surface area contributed by atoms with E-state index >= 15 is 0 Å². The van der Waals surface area contributed by atoms with Gasteiger partial charge in [-0.25, -0.2) is 4.39 Å². The highest BCUT2D eigenvalue weighted by molar-refractivity contribution is 6.15. The summed E-state index contributed by atoms with van der Waals surface area (Å²) >= 11 is 0. The molecule has 1 fully saturated rings. The molecule has 0 aliphatic carbocycles. The number of benzene rings is 3. The van der Waals surface area contributed by atoms with Crippen molar-refractivity contribution in [2.24, 2.45) is 4.99 Å². The molecule has 0 bridgehead atoms.